The molecule has 2 fully saturated rings. The molecule has 156 valence electrons. The highest BCUT2D eigenvalue weighted by atomic mass is 19.1. The second-order valence-electron chi connectivity index (χ2n) is 7.75. The molecule has 2 unspecified atom stereocenters. The number of nitrogens with one attached hydrogen (secondary N) is 1. The molecule has 2 bridgehead atoms. The highest BCUT2D eigenvalue weighted by Crippen LogP contribution is 2.34. The number of benzene rings is 1. The average molecular weight is 416 g/mol. The lowest BCUT2D eigenvalue weighted by atomic mass is 9.96. The second-order valence-corrected chi connectivity index (χ2v) is 7.75. The minimum absolute atomic E-state index is 0.0115. The first-order chi connectivity index (χ1) is 16.8. The van der Waals surface area contributed by atoms with E-state index in [4.69, 9.17) is 8.22 Å². The molecule has 5 rings (SSSR count). The number of hydrogen-bond donors (Lipinski definition) is 2. The molecule has 3 aromatic rings. The van der Waals surface area contributed by atoms with Gasteiger partial charge in [-0.05, 0) is 42.8 Å². The highest BCUT2D eigenvalue weighted by Gasteiger charge is 2.43. The number of fused-ring (bicyclic) bond motifs is 3. The van der Waals surface area contributed by atoms with Crippen LogP contribution in [-0.2, 0) is 6.98 Å². The zero-order chi connectivity index (χ0) is 26.0. The van der Waals surface area contributed by atoms with Crippen molar-refractivity contribution < 1.29 is 17.7 Å². The van der Waals surface area contributed by atoms with Crippen LogP contribution in [0.25, 0.3) is 22.2 Å². The molecule has 0 aliphatic carbocycles. The smallest absolute Gasteiger partial charge is 0.258 e. The predicted octanol–water partition coefficient (Wildman–Crippen LogP) is 1.76. The van der Waals surface area contributed by atoms with E-state index in [1.165, 1.54) is 18.3 Å². The van der Waals surface area contributed by atoms with Gasteiger partial charge < -0.3 is 19.9 Å². The molecule has 2 N–H and O–H groups in total. The zero-order valence-electron chi connectivity index (χ0n) is 21.8. The lowest BCUT2D eigenvalue weighted by Gasteiger charge is -2.38. The Morgan fingerprint density at radius 2 is 2.27 bits per heavy atom. The average Bonchev–Trinajstić information content (AvgIpc) is 3.20. The van der Waals surface area contributed by atoms with Gasteiger partial charge in [0.25, 0.3) is 5.56 Å². The van der Waals surface area contributed by atoms with Gasteiger partial charge in [-0.3, -0.25) is 4.79 Å². The van der Waals surface area contributed by atoms with E-state index in [0.29, 0.717) is 22.8 Å². The topological polar surface area (TPSA) is 96.2 Å². The monoisotopic (exact) mass is 416 g/mol. The fraction of sp³-hybridized carbons (Fsp3) is 0.429. The number of aromatic nitrogens is 4. The number of hydrogen-bond acceptors (Lipinski definition) is 7. The molecule has 0 saturated carbocycles. The lowest BCUT2D eigenvalue weighted by Crippen LogP contribution is -2.55. The van der Waals surface area contributed by atoms with Crippen LogP contribution >= 0.6 is 0 Å². The standard InChI is InChI=1S/C21H23FN6O2/c1-27-6-5-11-7-14(17(29)9-13(11)21(27)30)20-23-10-18(25-26-20)28(2)16-8-12-3-4-15(24-12)19(16)22/h5-7,9-10,12,15-16,19,24,29H,3-4,8H2,1-2H3/t12?,15?,16-,19+/m1/s1/i1D3,2D3. The van der Waals surface area contributed by atoms with Gasteiger partial charge in [0.2, 0.25) is 0 Å². The van der Waals surface area contributed by atoms with Gasteiger partial charge in [-0.15, -0.1) is 10.2 Å². The summed E-state index contributed by atoms with van der Waals surface area (Å²) in [6.07, 6.45) is 2.61. The van der Waals surface area contributed by atoms with Crippen molar-refractivity contribution in [2.75, 3.05) is 11.9 Å². The summed E-state index contributed by atoms with van der Waals surface area (Å²) in [4.78, 5) is 17.7. The number of pyridine rings is 1. The van der Waals surface area contributed by atoms with Gasteiger partial charge in [-0.25, -0.2) is 9.37 Å². The zero-order valence-corrected chi connectivity index (χ0v) is 15.8. The molecule has 0 spiro atoms. The molecule has 8 nitrogen and oxygen atoms in total. The molecule has 0 radical (unpaired) electrons. The van der Waals surface area contributed by atoms with Crippen LogP contribution in [0.1, 0.15) is 27.5 Å². The van der Waals surface area contributed by atoms with Gasteiger partial charge in [0, 0.05) is 40.5 Å². The summed E-state index contributed by atoms with van der Waals surface area (Å²) in [6, 6.07) is 2.64. The van der Waals surface area contributed by atoms with E-state index in [1.54, 1.807) is 0 Å². The lowest BCUT2D eigenvalue weighted by molar-refractivity contribution is 0.176. The summed E-state index contributed by atoms with van der Waals surface area (Å²) >= 11 is 0. The van der Waals surface area contributed by atoms with Crippen LogP contribution in [0.2, 0.25) is 0 Å². The van der Waals surface area contributed by atoms with E-state index < -0.39 is 37.8 Å². The number of alkyl halides is 1. The summed E-state index contributed by atoms with van der Waals surface area (Å²) in [7, 11) is 0. The van der Waals surface area contributed by atoms with Crippen LogP contribution in [0, 0.1) is 0 Å². The number of piperidine rings is 1. The Morgan fingerprint density at radius 3 is 3.03 bits per heavy atom. The van der Waals surface area contributed by atoms with E-state index in [2.05, 4.69) is 20.5 Å². The molecule has 9 heteroatoms. The van der Waals surface area contributed by atoms with Crippen molar-refractivity contribution in [1.82, 2.24) is 25.1 Å². The minimum Gasteiger partial charge on any atom is -0.507 e. The van der Waals surface area contributed by atoms with E-state index in [0.717, 1.165) is 23.6 Å². The van der Waals surface area contributed by atoms with Gasteiger partial charge in [0.05, 0.1) is 23.2 Å². The number of halogens is 1. The molecular weight excluding hydrogens is 387 g/mol. The third-order valence-electron chi connectivity index (χ3n) is 5.94. The summed E-state index contributed by atoms with van der Waals surface area (Å²) in [5, 5.41) is 22.0. The fourth-order valence-electron chi connectivity index (χ4n) is 4.36. The van der Waals surface area contributed by atoms with E-state index in [9.17, 15) is 9.90 Å². The first-order valence-corrected chi connectivity index (χ1v) is 9.63. The number of nitrogens with zero attached hydrogens (tertiary/aromatic N) is 5. The van der Waals surface area contributed by atoms with Gasteiger partial charge >= 0.3 is 0 Å². The van der Waals surface area contributed by atoms with E-state index in [-0.39, 0.29) is 34.4 Å². The molecule has 4 heterocycles. The summed E-state index contributed by atoms with van der Waals surface area (Å²) in [5.41, 5.74) is -0.690. The number of aromatic hydroxyl groups is 1. The van der Waals surface area contributed by atoms with Crippen molar-refractivity contribution in [2.24, 2.45) is 6.98 Å². The van der Waals surface area contributed by atoms with Crippen LogP contribution in [0.3, 0.4) is 0 Å². The fourth-order valence-corrected chi connectivity index (χ4v) is 4.36. The molecule has 0 amide bonds. The molecule has 2 aromatic heterocycles. The number of phenols is 1. The Kier molecular flexibility index (Phi) is 3.10. The quantitative estimate of drug-likeness (QED) is 0.672. The SMILES string of the molecule is [2H]C([2H])([2H])N(c1cnc(-c2cc3ccn(C([2H])([2H])[2H])c(=O)c3cc2O)nn1)[C@@H]1CC2CCC(N2)[C@@H]1F. The van der Waals surface area contributed by atoms with Gasteiger partial charge in [-0.1, -0.05) is 0 Å². The van der Waals surface area contributed by atoms with Crippen molar-refractivity contribution in [3.05, 3.63) is 40.9 Å². The van der Waals surface area contributed by atoms with Crippen molar-refractivity contribution in [3.8, 4) is 17.1 Å². The van der Waals surface area contributed by atoms with Crippen molar-refractivity contribution in [2.45, 2.75) is 43.6 Å². The Morgan fingerprint density at radius 1 is 1.37 bits per heavy atom. The van der Waals surface area contributed by atoms with E-state index in [1.807, 2.05) is 0 Å². The number of phenolic OH excluding ortho intramolecular Hbond substituents is 1. The Labute approximate surface area is 180 Å². The maximum Gasteiger partial charge on any atom is 0.258 e. The molecule has 2 aliphatic rings. The molecule has 30 heavy (non-hydrogen) atoms. The first-order valence-electron chi connectivity index (χ1n) is 12.6. The van der Waals surface area contributed by atoms with Crippen molar-refractivity contribution in [3.63, 3.8) is 0 Å². The summed E-state index contributed by atoms with van der Waals surface area (Å²) in [5.74, 6) is -0.553. The van der Waals surface area contributed by atoms with Crippen LogP contribution in [0.15, 0.2) is 35.4 Å². The molecule has 4 atom stereocenters. The highest BCUT2D eigenvalue weighted by molar-refractivity contribution is 5.88. The largest absolute Gasteiger partial charge is 0.507 e. The third kappa shape index (κ3) is 3.00. The molecular formula is C21H23FN6O2. The van der Waals surface area contributed by atoms with Gasteiger partial charge in [-0.2, -0.15) is 0 Å². The van der Waals surface area contributed by atoms with Crippen molar-refractivity contribution in [1.29, 1.82) is 0 Å². The molecule has 1 aromatic carbocycles. The summed E-state index contributed by atoms with van der Waals surface area (Å²) < 4.78 is 62.1. The number of aryl methyl sites for hydroxylation is 1. The Hall–Kier alpha value is -3.07. The third-order valence-corrected chi connectivity index (χ3v) is 5.94. The number of rotatable bonds is 3. The molecule has 2 saturated heterocycles. The second kappa shape index (κ2) is 7.02. The molecule has 2 aliphatic heterocycles. The van der Waals surface area contributed by atoms with Crippen LogP contribution in [0.5, 0.6) is 5.75 Å². The van der Waals surface area contributed by atoms with Crippen LogP contribution < -0.4 is 15.8 Å². The van der Waals surface area contributed by atoms with Crippen LogP contribution in [0.4, 0.5) is 10.2 Å². The van der Waals surface area contributed by atoms with Crippen molar-refractivity contribution >= 4 is 16.6 Å². The maximum atomic E-state index is 15.2. The Balaban J connectivity index is 1.50. The first kappa shape index (κ1) is 13.3. The van der Waals surface area contributed by atoms with Crippen LogP contribution in [-0.4, -0.2) is 56.1 Å². The normalized spacial score (nSPS) is 29.4. The van der Waals surface area contributed by atoms with Gasteiger partial charge in [0.15, 0.2) is 11.6 Å². The predicted molar refractivity (Wildman–Crippen MR) is 111 cm³/mol. The van der Waals surface area contributed by atoms with Gasteiger partial charge in [0.1, 0.15) is 11.9 Å². The van der Waals surface area contributed by atoms with E-state index >= 15 is 4.39 Å². The minimum atomic E-state index is -2.68. The maximum absolute atomic E-state index is 15.2. The summed E-state index contributed by atoms with van der Waals surface area (Å²) in [6.45, 7) is -5.36. The number of anilines is 1. The Bertz CT molecular complexity index is 1360.